The number of pyridine rings is 1. The number of rotatable bonds is 5. The molecular weight excluding hydrogens is 475 g/mol. The Morgan fingerprint density at radius 3 is 2.61 bits per heavy atom. The van der Waals surface area contributed by atoms with Crippen molar-refractivity contribution in [3.63, 3.8) is 0 Å². The molecule has 1 aliphatic rings. The van der Waals surface area contributed by atoms with Crippen molar-refractivity contribution < 1.29 is 27.8 Å². The van der Waals surface area contributed by atoms with Crippen LogP contribution in [0.3, 0.4) is 0 Å². The summed E-state index contributed by atoms with van der Waals surface area (Å²) in [5.74, 6) is -0.114. The summed E-state index contributed by atoms with van der Waals surface area (Å²) >= 11 is 0. The molecule has 0 saturated heterocycles. The lowest BCUT2D eigenvalue weighted by Crippen LogP contribution is -2.46. The summed E-state index contributed by atoms with van der Waals surface area (Å²) in [6, 6.07) is 9.42. The Hall–Kier alpha value is -3.44. The van der Waals surface area contributed by atoms with E-state index in [-0.39, 0.29) is 24.1 Å². The van der Waals surface area contributed by atoms with Crippen LogP contribution in [0.1, 0.15) is 48.1 Å². The summed E-state index contributed by atoms with van der Waals surface area (Å²) in [6.45, 7) is 5.80. The number of benzene rings is 1. The number of ether oxygens (including phenoxy) is 1. The second-order valence-electron chi connectivity index (χ2n) is 9.73. The number of amides is 1. The fraction of sp³-hybridized carbons (Fsp3) is 0.400. The van der Waals surface area contributed by atoms with Gasteiger partial charge in [0.25, 0.3) is 5.91 Å². The maximum atomic E-state index is 13.9. The van der Waals surface area contributed by atoms with Crippen LogP contribution in [0.25, 0.3) is 5.69 Å². The van der Waals surface area contributed by atoms with Crippen molar-refractivity contribution in [2.45, 2.75) is 46.1 Å². The standard InChI is InChI=1S/C25H28F3N5O3/c1-24(2,3)23(35)32-11-9-19-18(14-32)21(25(26,27)28)31-33(19)17-7-5-6-15(12-17)22(34)30-16-8-10-29-20(13-16)36-4/h5-8,10,12-13,23,35H,9,11,14H2,1-4H3,(H,29,30,34). The molecule has 192 valence electrons. The van der Waals surface area contributed by atoms with Gasteiger partial charge in [0, 0.05) is 54.0 Å². The van der Waals surface area contributed by atoms with Crippen molar-refractivity contribution in [2.24, 2.45) is 5.41 Å². The molecule has 1 unspecified atom stereocenters. The van der Waals surface area contributed by atoms with E-state index >= 15 is 0 Å². The second kappa shape index (κ2) is 9.55. The van der Waals surface area contributed by atoms with Crippen LogP contribution in [0, 0.1) is 5.41 Å². The van der Waals surface area contributed by atoms with Crippen molar-refractivity contribution in [3.05, 3.63) is 65.1 Å². The smallest absolute Gasteiger partial charge is 0.435 e. The van der Waals surface area contributed by atoms with Gasteiger partial charge in [0.2, 0.25) is 5.88 Å². The van der Waals surface area contributed by atoms with Gasteiger partial charge in [-0.3, -0.25) is 9.69 Å². The van der Waals surface area contributed by atoms with E-state index in [9.17, 15) is 23.1 Å². The molecule has 11 heteroatoms. The van der Waals surface area contributed by atoms with E-state index in [0.717, 1.165) is 0 Å². The Morgan fingerprint density at radius 1 is 1.19 bits per heavy atom. The number of nitrogens with one attached hydrogen (secondary N) is 1. The summed E-state index contributed by atoms with van der Waals surface area (Å²) in [4.78, 5) is 18.5. The van der Waals surface area contributed by atoms with Crippen molar-refractivity contribution in [2.75, 3.05) is 19.0 Å². The summed E-state index contributed by atoms with van der Waals surface area (Å²) in [5, 5.41) is 17.3. The van der Waals surface area contributed by atoms with Crippen molar-refractivity contribution in [3.8, 4) is 11.6 Å². The lowest BCUT2D eigenvalue weighted by Gasteiger charge is -2.38. The molecule has 0 spiro atoms. The van der Waals surface area contributed by atoms with Gasteiger partial charge in [-0.25, -0.2) is 9.67 Å². The van der Waals surface area contributed by atoms with Gasteiger partial charge in [-0.05, 0) is 24.3 Å². The van der Waals surface area contributed by atoms with Gasteiger partial charge in [0.1, 0.15) is 6.23 Å². The monoisotopic (exact) mass is 503 g/mol. The highest BCUT2D eigenvalue weighted by atomic mass is 19.4. The Bertz CT molecular complexity index is 1270. The molecule has 0 bridgehead atoms. The van der Waals surface area contributed by atoms with Crippen LogP contribution < -0.4 is 10.1 Å². The van der Waals surface area contributed by atoms with E-state index in [1.807, 2.05) is 20.8 Å². The normalized spacial score (nSPS) is 15.3. The Balaban J connectivity index is 1.67. The summed E-state index contributed by atoms with van der Waals surface area (Å²) in [5.41, 5.74) is -0.000366. The first-order chi connectivity index (χ1) is 16.9. The lowest BCUT2D eigenvalue weighted by molar-refractivity contribution is -0.143. The Kier molecular flexibility index (Phi) is 6.80. The van der Waals surface area contributed by atoms with Crippen molar-refractivity contribution in [1.82, 2.24) is 19.7 Å². The predicted octanol–water partition coefficient (Wildman–Crippen LogP) is 4.27. The van der Waals surface area contributed by atoms with Crippen LogP contribution >= 0.6 is 0 Å². The van der Waals surface area contributed by atoms with Crippen LogP contribution in [0.15, 0.2) is 42.6 Å². The highest BCUT2D eigenvalue weighted by Gasteiger charge is 2.42. The summed E-state index contributed by atoms with van der Waals surface area (Å²) < 4.78 is 48.1. The largest absolute Gasteiger partial charge is 0.481 e. The molecule has 0 fully saturated rings. The van der Waals surface area contributed by atoms with E-state index in [4.69, 9.17) is 4.74 Å². The van der Waals surface area contributed by atoms with Crippen LogP contribution in [-0.4, -0.2) is 50.6 Å². The Morgan fingerprint density at radius 2 is 1.94 bits per heavy atom. The zero-order valence-electron chi connectivity index (χ0n) is 20.4. The minimum absolute atomic E-state index is 0.0378. The number of carbonyl (C=O) groups excluding carboxylic acids is 1. The van der Waals surface area contributed by atoms with Crippen LogP contribution in [0.2, 0.25) is 0 Å². The maximum Gasteiger partial charge on any atom is 0.435 e. The minimum Gasteiger partial charge on any atom is -0.481 e. The van der Waals surface area contributed by atoms with E-state index in [1.54, 1.807) is 35.2 Å². The fourth-order valence-electron chi connectivity index (χ4n) is 4.22. The molecule has 0 aliphatic carbocycles. The van der Waals surface area contributed by atoms with Crippen molar-refractivity contribution >= 4 is 11.6 Å². The van der Waals surface area contributed by atoms with Gasteiger partial charge >= 0.3 is 6.18 Å². The molecule has 1 aromatic carbocycles. The van der Waals surface area contributed by atoms with Gasteiger partial charge in [-0.1, -0.05) is 26.8 Å². The van der Waals surface area contributed by atoms with Gasteiger partial charge in [0.05, 0.1) is 18.5 Å². The van der Waals surface area contributed by atoms with Crippen molar-refractivity contribution in [1.29, 1.82) is 0 Å². The third kappa shape index (κ3) is 5.21. The van der Waals surface area contributed by atoms with Crippen LogP contribution in [0.5, 0.6) is 5.88 Å². The van der Waals surface area contributed by atoms with E-state index < -0.39 is 29.4 Å². The highest BCUT2D eigenvalue weighted by molar-refractivity contribution is 6.04. The van der Waals surface area contributed by atoms with Crippen LogP contribution in [0.4, 0.5) is 18.9 Å². The number of carbonyl (C=O) groups is 1. The number of methoxy groups -OCH3 is 1. The first-order valence-electron chi connectivity index (χ1n) is 11.4. The second-order valence-corrected chi connectivity index (χ2v) is 9.73. The molecule has 4 rings (SSSR count). The number of hydrogen-bond acceptors (Lipinski definition) is 6. The van der Waals surface area contributed by atoms with Gasteiger partial charge in [-0.15, -0.1) is 0 Å². The molecule has 2 aromatic heterocycles. The SMILES string of the molecule is COc1cc(NC(=O)c2cccc(-n3nc(C(F)(F)F)c4c3CCN(C(O)C(C)(C)C)C4)c2)ccn1. The third-order valence-electron chi connectivity index (χ3n) is 6.03. The number of nitrogens with zero attached hydrogens (tertiary/aromatic N) is 4. The molecule has 3 heterocycles. The first-order valence-corrected chi connectivity index (χ1v) is 11.4. The molecular formula is C25H28F3N5O3. The molecule has 8 nitrogen and oxygen atoms in total. The van der Waals surface area contributed by atoms with Gasteiger partial charge < -0.3 is 15.2 Å². The topological polar surface area (TPSA) is 92.5 Å². The number of aliphatic hydroxyl groups excluding tert-OH is 1. The molecule has 2 N–H and O–H groups in total. The first kappa shape index (κ1) is 25.6. The quantitative estimate of drug-likeness (QED) is 0.540. The number of hydrogen-bond donors (Lipinski definition) is 2. The lowest BCUT2D eigenvalue weighted by atomic mass is 9.91. The summed E-state index contributed by atoms with van der Waals surface area (Å²) in [6.07, 6.45) is -3.83. The number of anilines is 1. The fourth-order valence-corrected chi connectivity index (χ4v) is 4.22. The molecule has 0 radical (unpaired) electrons. The minimum atomic E-state index is -4.67. The zero-order valence-corrected chi connectivity index (χ0v) is 20.4. The van der Waals surface area contributed by atoms with E-state index in [2.05, 4.69) is 15.4 Å². The Labute approximate surface area is 206 Å². The molecule has 0 saturated carbocycles. The molecule has 1 amide bonds. The number of alkyl halides is 3. The average molecular weight is 504 g/mol. The number of fused-ring (bicyclic) bond motifs is 1. The molecule has 3 aromatic rings. The summed E-state index contributed by atoms with van der Waals surface area (Å²) in [7, 11) is 1.46. The molecule has 1 aliphatic heterocycles. The van der Waals surface area contributed by atoms with E-state index in [0.29, 0.717) is 29.5 Å². The number of halogens is 3. The number of aromatic nitrogens is 3. The average Bonchev–Trinajstić information content (AvgIpc) is 3.22. The maximum absolute atomic E-state index is 13.9. The zero-order chi connectivity index (χ0) is 26.3. The number of aliphatic hydroxyl groups is 1. The highest BCUT2D eigenvalue weighted by Crippen LogP contribution is 2.37. The molecule has 36 heavy (non-hydrogen) atoms. The third-order valence-corrected chi connectivity index (χ3v) is 6.03. The van der Waals surface area contributed by atoms with Gasteiger partial charge in [0.15, 0.2) is 5.69 Å². The molecule has 1 atom stereocenters. The van der Waals surface area contributed by atoms with E-state index in [1.165, 1.54) is 24.1 Å². The van der Waals surface area contributed by atoms with Crippen LogP contribution in [-0.2, 0) is 19.1 Å². The van der Waals surface area contributed by atoms with Gasteiger partial charge in [-0.2, -0.15) is 18.3 Å². The predicted molar refractivity (Wildman–Crippen MR) is 127 cm³/mol.